The molecule has 0 amide bonds. The zero-order valence-corrected chi connectivity index (χ0v) is 7.23. The summed E-state index contributed by atoms with van der Waals surface area (Å²) in [6.45, 7) is 3.81. The second-order valence-electron chi connectivity index (χ2n) is 3.33. The van der Waals surface area contributed by atoms with Crippen LogP contribution in [0.5, 0.6) is 0 Å². The van der Waals surface area contributed by atoms with Crippen molar-refractivity contribution >= 4 is 0 Å². The Morgan fingerprint density at radius 1 is 1.33 bits per heavy atom. The fourth-order valence-corrected chi connectivity index (χ4v) is 1.28. The normalized spacial score (nSPS) is 30.1. The van der Waals surface area contributed by atoms with E-state index in [4.69, 9.17) is 5.11 Å². The molecule has 12 heavy (non-hydrogen) atoms. The van der Waals surface area contributed by atoms with Crippen LogP contribution in [0.3, 0.4) is 0 Å². The summed E-state index contributed by atoms with van der Waals surface area (Å²) in [5.41, 5.74) is 0.669. The second-order valence-corrected chi connectivity index (χ2v) is 3.33. The molecular formula is C9H14O3. The molecule has 1 aliphatic carbocycles. The van der Waals surface area contributed by atoms with Crippen molar-refractivity contribution in [2.45, 2.75) is 26.1 Å². The maximum absolute atomic E-state index is 9.45. The molecule has 0 fully saturated rings. The van der Waals surface area contributed by atoms with Gasteiger partial charge in [0.05, 0.1) is 0 Å². The van der Waals surface area contributed by atoms with E-state index >= 15 is 0 Å². The van der Waals surface area contributed by atoms with Gasteiger partial charge in [-0.2, -0.15) is 0 Å². The highest BCUT2D eigenvalue weighted by molar-refractivity contribution is 5.30. The number of hydrogen-bond acceptors (Lipinski definition) is 3. The van der Waals surface area contributed by atoms with Crippen molar-refractivity contribution in [1.82, 2.24) is 0 Å². The monoisotopic (exact) mass is 170 g/mol. The molecule has 0 aromatic carbocycles. The minimum absolute atomic E-state index is 0.0245. The molecule has 0 radical (unpaired) electrons. The summed E-state index contributed by atoms with van der Waals surface area (Å²) in [7, 11) is 0. The fourth-order valence-electron chi connectivity index (χ4n) is 1.28. The summed E-state index contributed by atoms with van der Waals surface area (Å²) in [4.78, 5) is 0. The van der Waals surface area contributed by atoms with Crippen molar-refractivity contribution in [3.63, 3.8) is 0 Å². The minimum Gasteiger partial charge on any atom is -0.508 e. The van der Waals surface area contributed by atoms with Crippen LogP contribution in [0.2, 0.25) is 0 Å². The summed E-state index contributed by atoms with van der Waals surface area (Å²) in [5, 5.41) is 27.8. The van der Waals surface area contributed by atoms with Crippen LogP contribution < -0.4 is 0 Å². The molecule has 0 unspecified atom stereocenters. The SMILES string of the molecule is CC(C)C1=CC(O)=C[C@H](O)[C@@H]1O. The van der Waals surface area contributed by atoms with Crippen LogP contribution in [0, 0.1) is 5.92 Å². The van der Waals surface area contributed by atoms with Gasteiger partial charge in [-0.3, -0.25) is 0 Å². The van der Waals surface area contributed by atoms with Crippen LogP contribution in [0.15, 0.2) is 23.5 Å². The van der Waals surface area contributed by atoms with Crippen LogP contribution in [0.25, 0.3) is 0 Å². The zero-order valence-electron chi connectivity index (χ0n) is 7.23. The molecule has 0 aromatic heterocycles. The molecule has 0 aliphatic heterocycles. The quantitative estimate of drug-likeness (QED) is 0.544. The van der Waals surface area contributed by atoms with Gasteiger partial charge in [0.25, 0.3) is 0 Å². The van der Waals surface area contributed by atoms with Crippen LogP contribution >= 0.6 is 0 Å². The van der Waals surface area contributed by atoms with E-state index in [1.54, 1.807) is 0 Å². The summed E-state index contributed by atoms with van der Waals surface area (Å²) in [6, 6.07) is 0. The summed E-state index contributed by atoms with van der Waals surface area (Å²) >= 11 is 0. The zero-order chi connectivity index (χ0) is 9.30. The molecule has 0 saturated carbocycles. The average Bonchev–Trinajstić information content (AvgIpc) is 1.96. The number of hydrogen-bond donors (Lipinski definition) is 3. The molecule has 1 aliphatic rings. The van der Waals surface area contributed by atoms with E-state index < -0.39 is 12.2 Å². The Hall–Kier alpha value is -0.800. The van der Waals surface area contributed by atoms with Gasteiger partial charge >= 0.3 is 0 Å². The molecule has 3 nitrogen and oxygen atoms in total. The third kappa shape index (κ3) is 1.68. The third-order valence-corrected chi connectivity index (χ3v) is 1.99. The summed E-state index contributed by atoms with van der Waals surface area (Å²) < 4.78 is 0. The Labute approximate surface area is 71.7 Å². The van der Waals surface area contributed by atoms with Gasteiger partial charge in [-0.15, -0.1) is 0 Å². The highest BCUT2D eigenvalue weighted by atomic mass is 16.3. The van der Waals surface area contributed by atoms with Gasteiger partial charge in [0.2, 0.25) is 0 Å². The lowest BCUT2D eigenvalue weighted by Crippen LogP contribution is -2.31. The van der Waals surface area contributed by atoms with Crippen LogP contribution in [-0.2, 0) is 0 Å². The van der Waals surface area contributed by atoms with E-state index in [2.05, 4.69) is 0 Å². The lowest BCUT2D eigenvalue weighted by atomic mass is 9.90. The molecular weight excluding hydrogens is 156 g/mol. The molecule has 3 N–H and O–H groups in total. The van der Waals surface area contributed by atoms with Crippen LogP contribution in [0.4, 0.5) is 0 Å². The third-order valence-electron chi connectivity index (χ3n) is 1.99. The number of allylic oxidation sites excluding steroid dienone is 1. The van der Waals surface area contributed by atoms with Gasteiger partial charge in [-0.25, -0.2) is 0 Å². The molecule has 0 aromatic rings. The predicted molar refractivity (Wildman–Crippen MR) is 45.6 cm³/mol. The number of aliphatic hydroxyl groups excluding tert-OH is 3. The van der Waals surface area contributed by atoms with Crippen molar-refractivity contribution in [2.24, 2.45) is 5.92 Å². The first-order valence-electron chi connectivity index (χ1n) is 4.00. The molecule has 0 saturated heterocycles. The smallest absolute Gasteiger partial charge is 0.114 e. The molecule has 0 bridgehead atoms. The second kappa shape index (κ2) is 3.29. The molecule has 2 atom stereocenters. The molecule has 68 valence electrons. The first kappa shape index (κ1) is 9.29. The number of aliphatic hydroxyl groups is 3. The Morgan fingerprint density at radius 3 is 2.42 bits per heavy atom. The largest absolute Gasteiger partial charge is 0.508 e. The Kier molecular flexibility index (Phi) is 2.55. The first-order valence-corrected chi connectivity index (χ1v) is 4.00. The fraction of sp³-hybridized carbons (Fsp3) is 0.556. The van der Waals surface area contributed by atoms with Gasteiger partial charge in [0, 0.05) is 0 Å². The molecule has 3 heteroatoms. The van der Waals surface area contributed by atoms with Gasteiger partial charge in [-0.1, -0.05) is 13.8 Å². The summed E-state index contributed by atoms with van der Waals surface area (Å²) in [6.07, 6.45) is 0.881. The van der Waals surface area contributed by atoms with E-state index in [0.29, 0.717) is 5.57 Å². The first-order chi connectivity index (χ1) is 5.52. The average molecular weight is 170 g/mol. The standard InChI is InChI=1S/C9H14O3/c1-5(2)7-3-6(10)4-8(11)9(7)12/h3-5,8-12H,1-2H3/t8-,9+/m0/s1. The lowest BCUT2D eigenvalue weighted by Gasteiger charge is -2.24. The molecule has 0 spiro atoms. The van der Waals surface area contributed by atoms with E-state index in [1.165, 1.54) is 12.2 Å². The van der Waals surface area contributed by atoms with E-state index in [-0.39, 0.29) is 11.7 Å². The maximum Gasteiger partial charge on any atom is 0.114 e. The van der Waals surface area contributed by atoms with E-state index in [9.17, 15) is 10.2 Å². The van der Waals surface area contributed by atoms with E-state index in [1.807, 2.05) is 13.8 Å². The van der Waals surface area contributed by atoms with E-state index in [0.717, 1.165) is 0 Å². The Bertz CT molecular complexity index is 228. The Balaban J connectivity index is 2.91. The maximum atomic E-state index is 9.45. The lowest BCUT2D eigenvalue weighted by molar-refractivity contribution is 0.0624. The highest BCUT2D eigenvalue weighted by Crippen LogP contribution is 2.23. The number of rotatable bonds is 1. The molecule has 1 rings (SSSR count). The Morgan fingerprint density at radius 2 is 1.92 bits per heavy atom. The van der Waals surface area contributed by atoms with Crippen LogP contribution in [-0.4, -0.2) is 27.5 Å². The highest BCUT2D eigenvalue weighted by Gasteiger charge is 2.25. The van der Waals surface area contributed by atoms with Crippen molar-refractivity contribution in [3.8, 4) is 0 Å². The summed E-state index contributed by atoms with van der Waals surface area (Å²) in [5.74, 6) is 0.155. The van der Waals surface area contributed by atoms with Gasteiger partial charge in [0.15, 0.2) is 0 Å². The van der Waals surface area contributed by atoms with Crippen molar-refractivity contribution in [3.05, 3.63) is 23.5 Å². The topological polar surface area (TPSA) is 60.7 Å². The van der Waals surface area contributed by atoms with Crippen LogP contribution in [0.1, 0.15) is 13.8 Å². The van der Waals surface area contributed by atoms with Crippen molar-refractivity contribution < 1.29 is 15.3 Å². The minimum atomic E-state index is -0.979. The van der Waals surface area contributed by atoms with Gasteiger partial charge < -0.3 is 15.3 Å². The van der Waals surface area contributed by atoms with Crippen molar-refractivity contribution in [1.29, 1.82) is 0 Å². The van der Waals surface area contributed by atoms with Gasteiger partial charge in [0.1, 0.15) is 18.0 Å². The van der Waals surface area contributed by atoms with Crippen molar-refractivity contribution in [2.75, 3.05) is 0 Å². The van der Waals surface area contributed by atoms with Gasteiger partial charge in [-0.05, 0) is 23.6 Å². The molecule has 0 heterocycles. The predicted octanol–water partition coefficient (Wildman–Crippen LogP) is 0.746.